The van der Waals surface area contributed by atoms with Crippen molar-refractivity contribution in [2.24, 2.45) is 0 Å². The Morgan fingerprint density at radius 2 is 1.80 bits per heavy atom. The molecule has 0 saturated carbocycles. The lowest BCUT2D eigenvalue weighted by molar-refractivity contribution is -0.121. The van der Waals surface area contributed by atoms with E-state index in [9.17, 15) is 9.59 Å². The molecule has 2 N–H and O–H groups in total. The van der Waals surface area contributed by atoms with Crippen LogP contribution in [0.5, 0.6) is 0 Å². The first-order valence-corrected chi connectivity index (χ1v) is 8.65. The zero-order valence-corrected chi connectivity index (χ0v) is 13.9. The number of hydrogen-bond acceptors (Lipinski definition) is 2. The van der Waals surface area contributed by atoms with Crippen LogP contribution in [-0.2, 0) is 16.0 Å². The molecule has 4 nitrogen and oxygen atoms in total. The molecule has 0 fully saturated rings. The van der Waals surface area contributed by atoms with Crippen LogP contribution in [0.2, 0.25) is 0 Å². The van der Waals surface area contributed by atoms with E-state index in [1.165, 1.54) is 11.1 Å². The minimum atomic E-state index is -0.202. The Kier molecular flexibility index (Phi) is 4.10. The Hall–Kier alpha value is -2.88. The number of benzene rings is 2. The molecule has 0 saturated heterocycles. The monoisotopic (exact) mass is 332 g/mol. The molecule has 4 heteroatoms. The minimum absolute atomic E-state index is 0.0404. The Morgan fingerprint density at radius 1 is 1.04 bits per heavy atom. The lowest BCUT2D eigenvalue weighted by Crippen LogP contribution is -2.36. The van der Waals surface area contributed by atoms with Gasteiger partial charge in [-0.15, -0.1) is 0 Å². The van der Waals surface area contributed by atoms with Crippen molar-refractivity contribution < 1.29 is 9.59 Å². The van der Waals surface area contributed by atoms with E-state index in [1.807, 2.05) is 42.5 Å². The van der Waals surface area contributed by atoms with E-state index in [2.05, 4.69) is 22.8 Å². The fraction of sp³-hybridized carbons (Fsp3) is 0.238. The van der Waals surface area contributed by atoms with E-state index in [4.69, 9.17) is 0 Å². The SMILES string of the molecule is O=C1CC(c2ccccc2)C(C(=O)NC2CCc3ccccc32)=CN1. The molecule has 2 atom stereocenters. The fourth-order valence-corrected chi connectivity index (χ4v) is 3.77. The van der Waals surface area contributed by atoms with Crippen molar-refractivity contribution in [1.29, 1.82) is 0 Å². The maximum atomic E-state index is 12.9. The first-order chi connectivity index (χ1) is 12.2. The molecule has 0 radical (unpaired) electrons. The Labute approximate surface area is 146 Å². The topological polar surface area (TPSA) is 58.2 Å². The third-order valence-corrected chi connectivity index (χ3v) is 5.06. The number of nitrogens with one attached hydrogen (secondary N) is 2. The van der Waals surface area contributed by atoms with Gasteiger partial charge in [-0.1, -0.05) is 54.6 Å². The molecule has 0 spiro atoms. The summed E-state index contributed by atoms with van der Waals surface area (Å²) in [6.45, 7) is 0. The average Bonchev–Trinajstić information content (AvgIpc) is 3.05. The summed E-state index contributed by atoms with van der Waals surface area (Å²) in [5.41, 5.74) is 4.12. The second-order valence-electron chi connectivity index (χ2n) is 6.60. The zero-order valence-electron chi connectivity index (χ0n) is 13.9. The summed E-state index contributed by atoms with van der Waals surface area (Å²) >= 11 is 0. The van der Waals surface area contributed by atoms with Crippen LogP contribution in [0.3, 0.4) is 0 Å². The molecule has 2 aliphatic rings. The lowest BCUT2D eigenvalue weighted by atomic mass is 9.86. The Balaban J connectivity index is 1.57. The maximum absolute atomic E-state index is 12.9. The maximum Gasteiger partial charge on any atom is 0.249 e. The highest BCUT2D eigenvalue weighted by molar-refractivity contribution is 5.98. The highest BCUT2D eigenvalue weighted by Gasteiger charge is 2.31. The van der Waals surface area contributed by atoms with Gasteiger partial charge in [-0.2, -0.15) is 0 Å². The number of rotatable bonds is 3. The van der Waals surface area contributed by atoms with Gasteiger partial charge in [0.05, 0.1) is 6.04 Å². The van der Waals surface area contributed by atoms with Gasteiger partial charge in [0.1, 0.15) is 0 Å². The largest absolute Gasteiger partial charge is 0.345 e. The highest BCUT2D eigenvalue weighted by Crippen LogP contribution is 2.33. The number of aryl methyl sites for hydroxylation is 1. The first-order valence-electron chi connectivity index (χ1n) is 8.65. The summed E-state index contributed by atoms with van der Waals surface area (Å²) in [4.78, 5) is 24.8. The quantitative estimate of drug-likeness (QED) is 0.908. The first kappa shape index (κ1) is 15.6. The molecule has 2 aromatic carbocycles. The number of carbonyl (C=O) groups is 2. The minimum Gasteiger partial charge on any atom is -0.345 e. The number of amides is 2. The second kappa shape index (κ2) is 6.55. The third kappa shape index (κ3) is 3.07. The van der Waals surface area contributed by atoms with Crippen LogP contribution >= 0.6 is 0 Å². The second-order valence-corrected chi connectivity index (χ2v) is 6.60. The van der Waals surface area contributed by atoms with Gasteiger partial charge in [-0.3, -0.25) is 9.59 Å². The van der Waals surface area contributed by atoms with Crippen molar-refractivity contribution in [3.63, 3.8) is 0 Å². The van der Waals surface area contributed by atoms with Gasteiger partial charge in [0.2, 0.25) is 11.8 Å². The fourth-order valence-electron chi connectivity index (χ4n) is 3.77. The molecule has 1 aliphatic heterocycles. The average molecular weight is 332 g/mol. The van der Waals surface area contributed by atoms with E-state index in [0.717, 1.165) is 18.4 Å². The molecule has 0 aromatic heterocycles. The van der Waals surface area contributed by atoms with Gasteiger partial charge in [0, 0.05) is 24.1 Å². The van der Waals surface area contributed by atoms with Crippen LogP contribution in [0.1, 0.15) is 41.5 Å². The summed E-state index contributed by atoms with van der Waals surface area (Å²) < 4.78 is 0. The summed E-state index contributed by atoms with van der Waals surface area (Å²) in [5, 5.41) is 5.86. The van der Waals surface area contributed by atoms with Crippen molar-refractivity contribution in [2.75, 3.05) is 0 Å². The van der Waals surface area contributed by atoms with Crippen LogP contribution in [0.25, 0.3) is 0 Å². The summed E-state index contributed by atoms with van der Waals surface area (Å²) in [7, 11) is 0. The van der Waals surface area contributed by atoms with Crippen molar-refractivity contribution in [3.8, 4) is 0 Å². The molecular weight excluding hydrogens is 312 g/mol. The lowest BCUT2D eigenvalue weighted by Gasteiger charge is -2.25. The molecule has 0 bridgehead atoms. The molecule has 2 unspecified atom stereocenters. The van der Waals surface area contributed by atoms with Crippen molar-refractivity contribution in [1.82, 2.24) is 10.6 Å². The molecule has 25 heavy (non-hydrogen) atoms. The van der Waals surface area contributed by atoms with Gasteiger partial charge < -0.3 is 10.6 Å². The summed E-state index contributed by atoms with van der Waals surface area (Å²) in [6, 6.07) is 18.0. The molecule has 2 amide bonds. The molecule has 1 heterocycles. The van der Waals surface area contributed by atoms with Crippen molar-refractivity contribution in [2.45, 2.75) is 31.2 Å². The van der Waals surface area contributed by atoms with Crippen LogP contribution < -0.4 is 10.6 Å². The predicted octanol–water partition coefficient (Wildman–Crippen LogP) is 2.98. The van der Waals surface area contributed by atoms with E-state index in [1.54, 1.807) is 6.20 Å². The zero-order chi connectivity index (χ0) is 17.2. The number of carbonyl (C=O) groups excluding carboxylic acids is 2. The van der Waals surface area contributed by atoms with Crippen molar-refractivity contribution >= 4 is 11.8 Å². The Bertz CT molecular complexity index is 842. The van der Waals surface area contributed by atoms with Crippen LogP contribution in [-0.4, -0.2) is 11.8 Å². The molecular formula is C21H20N2O2. The van der Waals surface area contributed by atoms with Crippen molar-refractivity contribution in [3.05, 3.63) is 83.1 Å². The molecule has 1 aliphatic carbocycles. The van der Waals surface area contributed by atoms with E-state index in [-0.39, 0.29) is 23.8 Å². The van der Waals surface area contributed by atoms with E-state index >= 15 is 0 Å². The van der Waals surface area contributed by atoms with E-state index < -0.39 is 0 Å². The van der Waals surface area contributed by atoms with Gasteiger partial charge in [-0.05, 0) is 29.5 Å². The van der Waals surface area contributed by atoms with Crippen LogP contribution in [0.15, 0.2) is 66.4 Å². The smallest absolute Gasteiger partial charge is 0.249 e. The van der Waals surface area contributed by atoms with Gasteiger partial charge in [0.25, 0.3) is 0 Å². The van der Waals surface area contributed by atoms with Crippen LogP contribution in [0.4, 0.5) is 0 Å². The predicted molar refractivity (Wildman–Crippen MR) is 95.7 cm³/mol. The van der Waals surface area contributed by atoms with Gasteiger partial charge in [-0.25, -0.2) is 0 Å². The number of hydrogen-bond donors (Lipinski definition) is 2. The van der Waals surface area contributed by atoms with Gasteiger partial charge in [0.15, 0.2) is 0 Å². The molecule has 126 valence electrons. The third-order valence-electron chi connectivity index (χ3n) is 5.06. The standard InChI is InChI=1S/C21H20N2O2/c24-20-12-17(14-6-2-1-3-7-14)18(13-22-20)21(25)23-19-11-10-15-8-4-5-9-16(15)19/h1-9,13,17,19H,10-12H2,(H,22,24)(H,23,25). The Morgan fingerprint density at radius 3 is 2.64 bits per heavy atom. The summed E-state index contributed by atoms with van der Waals surface area (Å²) in [5.74, 6) is -0.362. The summed E-state index contributed by atoms with van der Waals surface area (Å²) in [6.07, 6.45) is 3.77. The highest BCUT2D eigenvalue weighted by atomic mass is 16.2. The van der Waals surface area contributed by atoms with E-state index in [0.29, 0.717) is 12.0 Å². The molecule has 4 rings (SSSR count). The number of fused-ring (bicyclic) bond motifs is 1. The van der Waals surface area contributed by atoms with Gasteiger partial charge >= 0.3 is 0 Å². The molecule has 2 aromatic rings. The van der Waals surface area contributed by atoms with Crippen LogP contribution in [0, 0.1) is 0 Å². The normalized spacial score (nSPS) is 21.9.